The maximum atomic E-state index is 11.9. The molecule has 0 aliphatic rings. The molecule has 33 heavy (non-hydrogen) atoms. The molecule has 0 N–H and O–H groups in total. The van der Waals surface area contributed by atoms with Gasteiger partial charge in [0, 0.05) is 39.1 Å². The van der Waals surface area contributed by atoms with Gasteiger partial charge in [0.05, 0.1) is 19.8 Å². The molecule has 2 aromatic carbocycles. The van der Waals surface area contributed by atoms with Crippen molar-refractivity contribution >= 4 is 17.7 Å². The molecule has 0 aliphatic heterocycles. The number of likely N-dealkylation sites (N-methyl/N-ethyl adjacent to an activating group) is 1. The standard InChI is InChI=1S/C27H37NO5/c1-5-7-17-31-19-20-33-25-12-8-22(9-13-25)23-10-14-26(28(3)16-18-30-4)24(21-23)11-15-27(29)32-6-2/h8-15,21H,5-7,16-20H2,1-4H3. The molecule has 0 radical (unpaired) electrons. The summed E-state index contributed by atoms with van der Waals surface area (Å²) < 4.78 is 21.5. The highest BCUT2D eigenvalue weighted by atomic mass is 16.5. The van der Waals surface area contributed by atoms with Crippen molar-refractivity contribution in [1.29, 1.82) is 0 Å². The minimum atomic E-state index is -0.353. The lowest BCUT2D eigenvalue weighted by atomic mass is 10.0. The molecule has 0 unspecified atom stereocenters. The normalized spacial score (nSPS) is 11.0. The number of ether oxygens (including phenoxy) is 4. The average Bonchev–Trinajstić information content (AvgIpc) is 2.84. The van der Waals surface area contributed by atoms with Crippen molar-refractivity contribution in [2.75, 3.05) is 58.6 Å². The molecule has 2 rings (SSSR count). The lowest BCUT2D eigenvalue weighted by Gasteiger charge is -2.22. The molecule has 0 atom stereocenters. The van der Waals surface area contributed by atoms with Crippen LogP contribution in [0.3, 0.4) is 0 Å². The highest BCUT2D eigenvalue weighted by molar-refractivity contribution is 5.89. The number of nitrogens with zero attached hydrogens (tertiary/aromatic N) is 1. The van der Waals surface area contributed by atoms with E-state index in [-0.39, 0.29) is 5.97 Å². The number of carbonyl (C=O) groups excluding carboxylic acids is 1. The van der Waals surface area contributed by atoms with E-state index in [0.29, 0.717) is 26.4 Å². The summed E-state index contributed by atoms with van der Waals surface area (Å²) in [5.74, 6) is 0.463. The molecule has 0 aliphatic carbocycles. The van der Waals surface area contributed by atoms with E-state index in [9.17, 15) is 4.79 Å². The van der Waals surface area contributed by atoms with E-state index in [1.807, 2.05) is 31.3 Å². The Hall–Kier alpha value is -2.83. The van der Waals surface area contributed by atoms with E-state index in [1.165, 1.54) is 6.08 Å². The van der Waals surface area contributed by atoms with Crippen molar-refractivity contribution in [3.63, 3.8) is 0 Å². The molecule has 0 fully saturated rings. The van der Waals surface area contributed by atoms with Crippen molar-refractivity contribution in [3.8, 4) is 16.9 Å². The molecule has 0 saturated heterocycles. The van der Waals surface area contributed by atoms with E-state index in [4.69, 9.17) is 18.9 Å². The van der Waals surface area contributed by atoms with E-state index >= 15 is 0 Å². The van der Waals surface area contributed by atoms with Gasteiger partial charge in [0.2, 0.25) is 0 Å². The Kier molecular flexibility index (Phi) is 12.1. The first-order chi connectivity index (χ1) is 16.1. The number of unbranched alkanes of at least 4 members (excludes halogenated alkanes) is 1. The van der Waals surface area contributed by atoms with Gasteiger partial charge in [-0.15, -0.1) is 0 Å². The molecule has 180 valence electrons. The number of hydrogen-bond acceptors (Lipinski definition) is 6. The number of benzene rings is 2. The van der Waals surface area contributed by atoms with Gasteiger partial charge in [0.25, 0.3) is 0 Å². The van der Waals surface area contributed by atoms with Crippen LogP contribution in [-0.2, 0) is 19.0 Å². The number of esters is 1. The van der Waals surface area contributed by atoms with Gasteiger partial charge in [0.15, 0.2) is 0 Å². The molecule has 0 amide bonds. The third kappa shape index (κ3) is 9.28. The molecule has 0 aromatic heterocycles. The quantitative estimate of drug-likeness (QED) is 0.209. The van der Waals surface area contributed by atoms with Gasteiger partial charge in [-0.1, -0.05) is 31.5 Å². The Morgan fingerprint density at radius 2 is 1.73 bits per heavy atom. The molecule has 6 heteroatoms. The maximum Gasteiger partial charge on any atom is 0.330 e. The van der Waals surface area contributed by atoms with Crippen molar-refractivity contribution in [2.45, 2.75) is 26.7 Å². The molecule has 0 heterocycles. The zero-order chi connectivity index (χ0) is 23.9. The van der Waals surface area contributed by atoms with Gasteiger partial charge in [-0.25, -0.2) is 4.79 Å². The Morgan fingerprint density at radius 1 is 0.970 bits per heavy atom. The summed E-state index contributed by atoms with van der Waals surface area (Å²) in [5, 5.41) is 0. The molecule has 0 spiro atoms. The lowest BCUT2D eigenvalue weighted by molar-refractivity contribution is -0.137. The summed E-state index contributed by atoms with van der Waals surface area (Å²) in [4.78, 5) is 14.0. The highest BCUT2D eigenvalue weighted by Crippen LogP contribution is 2.29. The first-order valence-electron chi connectivity index (χ1n) is 11.6. The Balaban J connectivity index is 2.13. The summed E-state index contributed by atoms with van der Waals surface area (Å²) in [5.41, 5.74) is 4.07. The minimum Gasteiger partial charge on any atom is -0.491 e. The van der Waals surface area contributed by atoms with Gasteiger partial charge in [0.1, 0.15) is 12.4 Å². The fourth-order valence-corrected chi connectivity index (χ4v) is 3.22. The van der Waals surface area contributed by atoms with Crippen molar-refractivity contribution < 1.29 is 23.7 Å². The second-order valence-corrected chi connectivity index (χ2v) is 7.61. The smallest absolute Gasteiger partial charge is 0.330 e. The Labute approximate surface area is 198 Å². The fourth-order valence-electron chi connectivity index (χ4n) is 3.22. The third-order valence-corrected chi connectivity index (χ3v) is 5.08. The van der Waals surface area contributed by atoms with Gasteiger partial charge in [-0.2, -0.15) is 0 Å². The summed E-state index contributed by atoms with van der Waals surface area (Å²) in [6.45, 7) is 7.56. The maximum absolute atomic E-state index is 11.9. The number of rotatable bonds is 15. The average molecular weight is 456 g/mol. The van der Waals surface area contributed by atoms with E-state index in [0.717, 1.165) is 54.1 Å². The highest BCUT2D eigenvalue weighted by Gasteiger charge is 2.09. The van der Waals surface area contributed by atoms with Crippen LogP contribution in [0.2, 0.25) is 0 Å². The zero-order valence-corrected chi connectivity index (χ0v) is 20.3. The first kappa shape index (κ1) is 26.4. The fraction of sp³-hybridized carbons (Fsp3) is 0.444. The SMILES string of the molecule is CCCCOCCOc1ccc(-c2ccc(N(C)CCOC)c(C=CC(=O)OCC)c2)cc1. The molecule has 6 nitrogen and oxygen atoms in total. The van der Waals surface area contributed by atoms with Crippen LogP contribution in [0.25, 0.3) is 17.2 Å². The van der Waals surface area contributed by atoms with Crippen molar-refractivity contribution in [3.05, 3.63) is 54.1 Å². The van der Waals surface area contributed by atoms with Crippen LogP contribution in [-0.4, -0.2) is 59.7 Å². The number of methoxy groups -OCH3 is 1. The molecule has 0 saturated carbocycles. The topological polar surface area (TPSA) is 57.2 Å². The van der Waals surface area contributed by atoms with Gasteiger partial charge in [-0.05, 0) is 60.4 Å². The van der Waals surface area contributed by atoms with E-state index in [2.05, 4.69) is 30.0 Å². The van der Waals surface area contributed by atoms with Crippen LogP contribution in [0.4, 0.5) is 5.69 Å². The zero-order valence-electron chi connectivity index (χ0n) is 20.3. The predicted molar refractivity (Wildman–Crippen MR) is 134 cm³/mol. The number of anilines is 1. The Morgan fingerprint density at radius 3 is 2.42 bits per heavy atom. The second-order valence-electron chi connectivity index (χ2n) is 7.61. The van der Waals surface area contributed by atoms with Crippen LogP contribution >= 0.6 is 0 Å². The lowest BCUT2D eigenvalue weighted by Crippen LogP contribution is -2.22. The second kappa shape index (κ2) is 15.1. The summed E-state index contributed by atoms with van der Waals surface area (Å²) in [7, 11) is 3.69. The van der Waals surface area contributed by atoms with Crippen molar-refractivity contribution in [1.82, 2.24) is 0 Å². The van der Waals surface area contributed by atoms with E-state index in [1.54, 1.807) is 20.1 Å². The monoisotopic (exact) mass is 455 g/mol. The summed E-state index contributed by atoms with van der Waals surface area (Å²) in [6.07, 6.45) is 5.48. The molecular weight excluding hydrogens is 418 g/mol. The first-order valence-corrected chi connectivity index (χ1v) is 11.6. The molecule has 2 aromatic rings. The van der Waals surface area contributed by atoms with Crippen LogP contribution in [0.5, 0.6) is 5.75 Å². The Bertz CT molecular complexity index is 863. The largest absolute Gasteiger partial charge is 0.491 e. The van der Waals surface area contributed by atoms with Gasteiger partial charge in [-0.3, -0.25) is 0 Å². The molecular formula is C27H37NO5. The minimum absolute atomic E-state index is 0.350. The number of carbonyl (C=O) groups is 1. The van der Waals surface area contributed by atoms with Crippen LogP contribution < -0.4 is 9.64 Å². The summed E-state index contributed by atoms with van der Waals surface area (Å²) >= 11 is 0. The molecule has 0 bridgehead atoms. The number of hydrogen-bond donors (Lipinski definition) is 0. The van der Waals surface area contributed by atoms with Crippen molar-refractivity contribution in [2.24, 2.45) is 0 Å². The summed E-state index contributed by atoms with van der Waals surface area (Å²) in [6, 6.07) is 14.2. The third-order valence-electron chi connectivity index (χ3n) is 5.08. The van der Waals surface area contributed by atoms with Gasteiger partial charge >= 0.3 is 5.97 Å². The van der Waals surface area contributed by atoms with Crippen LogP contribution in [0, 0.1) is 0 Å². The predicted octanol–water partition coefficient (Wildman–Crippen LogP) is 5.21. The van der Waals surface area contributed by atoms with E-state index < -0.39 is 0 Å². The van der Waals surface area contributed by atoms with Gasteiger partial charge < -0.3 is 23.8 Å². The van der Waals surface area contributed by atoms with Crippen LogP contribution in [0.1, 0.15) is 32.3 Å². The van der Waals surface area contributed by atoms with Crippen LogP contribution in [0.15, 0.2) is 48.5 Å².